The summed E-state index contributed by atoms with van der Waals surface area (Å²) in [5, 5.41) is 10.5. The maximum atomic E-state index is 12.8. The van der Waals surface area contributed by atoms with Gasteiger partial charge in [0.15, 0.2) is 0 Å². The van der Waals surface area contributed by atoms with E-state index < -0.39 is 28.2 Å². The van der Waals surface area contributed by atoms with Gasteiger partial charge in [-0.1, -0.05) is 52.0 Å². The van der Waals surface area contributed by atoms with Crippen LogP contribution in [0.2, 0.25) is 0 Å². The van der Waals surface area contributed by atoms with Gasteiger partial charge in [0, 0.05) is 24.2 Å². The number of carboxylic acids is 1. The van der Waals surface area contributed by atoms with Gasteiger partial charge in [-0.05, 0) is 49.7 Å². The van der Waals surface area contributed by atoms with E-state index in [0.29, 0.717) is 5.56 Å². The van der Waals surface area contributed by atoms with E-state index >= 15 is 0 Å². The Kier molecular flexibility index (Phi) is 6.30. The summed E-state index contributed by atoms with van der Waals surface area (Å²) in [7, 11) is 0. The van der Waals surface area contributed by atoms with Crippen LogP contribution in [0.3, 0.4) is 0 Å². The number of likely N-dealkylation sites (tertiary alicyclic amines) is 1. The van der Waals surface area contributed by atoms with Crippen LogP contribution in [-0.2, 0) is 9.53 Å². The van der Waals surface area contributed by atoms with Crippen LogP contribution in [-0.4, -0.2) is 41.6 Å². The largest absolute Gasteiger partial charge is 0.481 e. The summed E-state index contributed by atoms with van der Waals surface area (Å²) in [4.78, 5) is 27.5. The number of esters is 1. The second-order valence-electron chi connectivity index (χ2n) is 9.93. The molecule has 0 saturated carbocycles. The number of piperidine rings is 1. The molecule has 1 aromatic rings. The number of aliphatic carboxylic acids is 1. The lowest BCUT2D eigenvalue weighted by Gasteiger charge is -2.56. The Morgan fingerprint density at radius 2 is 1.67 bits per heavy atom. The van der Waals surface area contributed by atoms with Crippen LogP contribution < -0.4 is 0 Å². The summed E-state index contributed by atoms with van der Waals surface area (Å²) in [5.41, 5.74) is -0.342. The zero-order chi connectivity index (χ0) is 22.0. The van der Waals surface area contributed by atoms with E-state index in [1.165, 1.54) is 25.0 Å². The molecule has 0 bridgehead atoms. The lowest BCUT2D eigenvalue weighted by molar-refractivity contribution is -0.172. The zero-order valence-corrected chi connectivity index (χ0v) is 18.7. The Morgan fingerprint density at radius 3 is 2.23 bits per heavy atom. The van der Waals surface area contributed by atoms with Crippen molar-refractivity contribution in [3.63, 3.8) is 0 Å². The molecule has 1 heterocycles. The molecule has 0 radical (unpaired) electrons. The summed E-state index contributed by atoms with van der Waals surface area (Å²) >= 11 is 0. The normalized spacial score (nSPS) is 25.3. The zero-order valence-electron chi connectivity index (χ0n) is 18.7. The molecule has 1 N–H and O–H groups in total. The van der Waals surface area contributed by atoms with Crippen molar-refractivity contribution in [2.45, 2.75) is 59.8 Å². The van der Waals surface area contributed by atoms with Gasteiger partial charge < -0.3 is 14.7 Å². The van der Waals surface area contributed by atoms with Crippen molar-refractivity contribution in [3.8, 4) is 0 Å². The number of rotatable bonds is 6. The van der Waals surface area contributed by atoms with Gasteiger partial charge in [-0.25, -0.2) is 4.79 Å². The van der Waals surface area contributed by atoms with Gasteiger partial charge in [-0.15, -0.1) is 0 Å². The van der Waals surface area contributed by atoms with E-state index in [0.717, 1.165) is 19.5 Å². The molecular weight excluding hydrogens is 378 g/mol. The third kappa shape index (κ3) is 3.99. The number of nitrogens with zero attached hydrogens (tertiary/aromatic N) is 1. The molecule has 1 fully saturated rings. The second-order valence-corrected chi connectivity index (χ2v) is 9.93. The number of hydrogen-bond acceptors (Lipinski definition) is 4. The fourth-order valence-electron chi connectivity index (χ4n) is 5.74. The first-order valence-electron chi connectivity index (χ1n) is 11.0. The van der Waals surface area contributed by atoms with Gasteiger partial charge in [0.05, 0.1) is 17.6 Å². The van der Waals surface area contributed by atoms with Crippen LogP contribution >= 0.6 is 0 Å². The molecule has 1 atom stereocenters. The van der Waals surface area contributed by atoms with E-state index in [2.05, 4.69) is 24.8 Å². The Balaban J connectivity index is 1.83. The molecule has 164 valence electrons. The van der Waals surface area contributed by atoms with Crippen molar-refractivity contribution >= 4 is 11.9 Å². The highest BCUT2D eigenvalue weighted by atomic mass is 16.5. The molecule has 30 heavy (non-hydrogen) atoms. The smallest absolute Gasteiger partial charge is 0.338 e. The van der Waals surface area contributed by atoms with E-state index in [-0.39, 0.29) is 13.0 Å². The predicted octanol–water partition coefficient (Wildman–Crippen LogP) is 5.13. The maximum absolute atomic E-state index is 12.8. The molecule has 1 aliphatic heterocycles. The fraction of sp³-hybridized carbons (Fsp3) is 0.600. The summed E-state index contributed by atoms with van der Waals surface area (Å²) in [6.45, 7) is 10.3. The summed E-state index contributed by atoms with van der Waals surface area (Å²) < 4.78 is 5.50. The molecule has 5 nitrogen and oxygen atoms in total. The number of carbonyl (C=O) groups excluding carboxylic acids is 1. The Bertz CT molecular complexity index is 806. The Hall–Kier alpha value is -2.30. The fourth-order valence-corrected chi connectivity index (χ4v) is 5.74. The van der Waals surface area contributed by atoms with Crippen LogP contribution in [0.1, 0.15) is 70.2 Å². The average molecular weight is 414 g/mol. The Labute approximate surface area is 180 Å². The van der Waals surface area contributed by atoms with Gasteiger partial charge in [-0.3, -0.25) is 4.79 Å². The highest BCUT2D eigenvalue weighted by molar-refractivity contribution is 5.89. The lowest BCUT2D eigenvalue weighted by atomic mass is 9.47. The highest BCUT2D eigenvalue weighted by Crippen LogP contribution is 2.61. The molecule has 5 heteroatoms. The summed E-state index contributed by atoms with van der Waals surface area (Å²) in [5.74, 6) is -1.23. The van der Waals surface area contributed by atoms with E-state index in [4.69, 9.17) is 4.74 Å². The molecule has 0 amide bonds. The molecule has 3 rings (SSSR count). The third-order valence-corrected chi connectivity index (χ3v) is 7.25. The molecule has 1 aromatic carbocycles. The third-order valence-electron chi connectivity index (χ3n) is 7.25. The van der Waals surface area contributed by atoms with Crippen LogP contribution in [0, 0.1) is 16.2 Å². The molecule has 1 saturated heterocycles. The van der Waals surface area contributed by atoms with Gasteiger partial charge in [-0.2, -0.15) is 0 Å². The Morgan fingerprint density at radius 1 is 1.03 bits per heavy atom. The minimum Gasteiger partial charge on any atom is -0.481 e. The molecular formula is C25H35NO4. The highest BCUT2D eigenvalue weighted by Gasteiger charge is 2.61. The number of carbonyl (C=O) groups is 2. The minimum atomic E-state index is -1.03. The second kappa shape index (κ2) is 8.44. The predicted molar refractivity (Wildman–Crippen MR) is 117 cm³/mol. The first kappa shape index (κ1) is 22.4. The first-order chi connectivity index (χ1) is 14.1. The molecule has 2 aliphatic rings. The van der Waals surface area contributed by atoms with Crippen molar-refractivity contribution < 1.29 is 19.4 Å². The van der Waals surface area contributed by atoms with Gasteiger partial charge in [0.25, 0.3) is 0 Å². The van der Waals surface area contributed by atoms with E-state index in [1.807, 2.05) is 19.9 Å². The topological polar surface area (TPSA) is 66.8 Å². The standard InChI is InChI=1S/C25H35NO4/c1-23(2)17-20(26-14-9-6-10-15-26)18-24(3,4)25(23,22(28)29)13-16-30-21(27)19-11-7-5-8-12-19/h5,7-8,11-12,17H,6,9-10,13-16,18H2,1-4H3,(H,28,29). The average Bonchev–Trinajstić information content (AvgIpc) is 2.70. The number of carboxylic acid groups (broad SMARTS) is 1. The minimum absolute atomic E-state index is 0.0831. The molecule has 1 unspecified atom stereocenters. The molecule has 1 aliphatic carbocycles. The lowest BCUT2D eigenvalue weighted by Crippen LogP contribution is -2.57. The van der Waals surface area contributed by atoms with Crippen LogP contribution in [0.5, 0.6) is 0 Å². The number of ether oxygens (including phenoxy) is 1. The van der Waals surface area contributed by atoms with Crippen molar-refractivity contribution in [3.05, 3.63) is 47.7 Å². The van der Waals surface area contributed by atoms with Crippen LogP contribution in [0.15, 0.2) is 42.1 Å². The van der Waals surface area contributed by atoms with Gasteiger partial charge in [0.1, 0.15) is 0 Å². The number of allylic oxidation sites excluding steroid dienone is 2. The van der Waals surface area contributed by atoms with Crippen molar-refractivity contribution in [1.29, 1.82) is 0 Å². The van der Waals surface area contributed by atoms with E-state index in [9.17, 15) is 14.7 Å². The summed E-state index contributed by atoms with van der Waals surface area (Å²) in [6, 6.07) is 8.83. The maximum Gasteiger partial charge on any atom is 0.338 e. The quantitative estimate of drug-likeness (QED) is 0.655. The van der Waals surface area contributed by atoms with E-state index in [1.54, 1.807) is 24.3 Å². The van der Waals surface area contributed by atoms with Crippen LogP contribution in [0.25, 0.3) is 0 Å². The van der Waals surface area contributed by atoms with Crippen LogP contribution in [0.4, 0.5) is 0 Å². The SMILES string of the molecule is CC1(C)C=C(N2CCCCC2)CC(C)(C)C1(CCOC(=O)c1ccccc1)C(=O)O. The van der Waals surface area contributed by atoms with Crippen molar-refractivity contribution in [1.82, 2.24) is 4.90 Å². The number of hydrogen-bond donors (Lipinski definition) is 1. The van der Waals surface area contributed by atoms with Crippen molar-refractivity contribution in [2.24, 2.45) is 16.2 Å². The summed E-state index contributed by atoms with van der Waals surface area (Å²) in [6.07, 6.45) is 6.83. The molecule has 0 spiro atoms. The van der Waals surface area contributed by atoms with Crippen molar-refractivity contribution in [2.75, 3.05) is 19.7 Å². The molecule has 0 aromatic heterocycles. The van der Waals surface area contributed by atoms with Gasteiger partial charge >= 0.3 is 11.9 Å². The first-order valence-corrected chi connectivity index (χ1v) is 11.0. The monoisotopic (exact) mass is 413 g/mol. The van der Waals surface area contributed by atoms with Gasteiger partial charge in [0.2, 0.25) is 0 Å². The number of benzene rings is 1.